The Hall–Kier alpha value is -2.38. The largest absolute Gasteiger partial charge is 0.335 e. The van der Waals surface area contributed by atoms with Gasteiger partial charge in [-0.25, -0.2) is 0 Å². The van der Waals surface area contributed by atoms with Crippen LogP contribution in [0.2, 0.25) is 0 Å². The van der Waals surface area contributed by atoms with E-state index in [1.54, 1.807) is 22.8 Å². The van der Waals surface area contributed by atoms with Gasteiger partial charge < -0.3 is 14.7 Å². The predicted molar refractivity (Wildman–Crippen MR) is 85.5 cm³/mol. The van der Waals surface area contributed by atoms with Gasteiger partial charge in [0.2, 0.25) is 17.7 Å². The van der Waals surface area contributed by atoms with E-state index in [2.05, 4.69) is 5.10 Å². The summed E-state index contributed by atoms with van der Waals surface area (Å²) in [5, 5.41) is 4.26. The minimum Gasteiger partial charge on any atom is -0.335 e. The Labute approximate surface area is 141 Å². The highest BCUT2D eigenvalue weighted by Crippen LogP contribution is 2.40. The number of nitrogens with zero attached hydrogens (tertiary/aromatic N) is 5. The molecule has 3 heterocycles. The summed E-state index contributed by atoms with van der Waals surface area (Å²) in [6, 6.07) is -0.315. The van der Waals surface area contributed by atoms with Gasteiger partial charge in [0.05, 0.1) is 24.8 Å². The molecule has 0 bridgehead atoms. The van der Waals surface area contributed by atoms with E-state index in [1.165, 1.54) is 9.80 Å². The molecule has 2 aliphatic heterocycles. The number of aromatic nitrogens is 2. The first kappa shape index (κ1) is 16.5. The van der Waals surface area contributed by atoms with Crippen molar-refractivity contribution in [3.8, 4) is 0 Å². The number of rotatable bonds is 3. The van der Waals surface area contributed by atoms with Crippen LogP contribution < -0.4 is 0 Å². The van der Waals surface area contributed by atoms with Crippen LogP contribution >= 0.6 is 0 Å². The number of carbonyl (C=O) groups is 3. The van der Waals surface area contributed by atoms with Gasteiger partial charge in [-0.3, -0.25) is 19.1 Å². The highest BCUT2D eigenvalue weighted by molar-refractivity contribution is 5.93. The Morgan fingerprint density at radius 1 is 1.29 bits per heavy atom. The molecule has 24 heavy (non-hydrogen) atoms. The van der Waals surface area contributed by atoms with Crippen molar-refractivity contribution in [3.05, 3.63) is 17.5 Å². The standard InChI is InChI=1S/C16H23N5O3/c1-5-21-13(22)6-11(15(21)12-7-17-19(4)10(12)2)16(24)20-8-14(23)18(3)9-20/h7,11,15H,5-6,8-9H2,1-4H3/t11-,15-/m0/s1. The molecule has 3 amide bonds. The molecule has 8 heteroatoms. The van der Waals surface area contributed by atoms with Crippen molar-refractivity contribution in [1.82, 2.24) is 24.5 Å². The summed E-state index contributed by atoms with van der Waals surface area (Å²) in [7, 11) is 3.52. The van der Waals surface area contributed by atoms with Crippen LogP contribution in [0.3, 0.4) is 0 Å². The Morgan fingerprint density at radius 2 is 2.00 bits per heavy atom. The highest BCUT2D eigenvalue weighted by Gasteiger charge is 2.47. The van der Waals surface area contributed by atoms with E-state index in [9.17, 15) is 14.4 Å². The maximum absolute atomic E-state index is 13.0. The van der Waals surface area contributed by atoms with E-state index >= 15 is 0 Å². The molecule has 0 N–H and O–H groups in total. The lowest BCUT2D eigenvalue weighted by molar-refractivity contribution is -0.136. The summed E-state index contributed by atoms with van der Waals surface area (Å²) >= 11 is 0. The van der Waals surface area contributed by atoms with Crippen LogP contribution in [-0.4, -0.2) is 69.0 Å². The lowest BCUT2D eigenvalue weighted by Crippen LogP contribution is -2.38. The zero-order chi connectivity index (χ0) is 17.6. The number of likely N-dealkylation sites (tertiary alicyclic amines) is 1. The first-order chi connectivity index (χ1) is 11.3. The van der Waals surface area contributed by atoms with E-state index in [4.69, 9.17) is 0 Å². The smallest absolute Gasteiger partial charge is 0.243 e. The molecule has 0 saturated carbocycles. The number of amides is 3. The molecule has 2 saturated heterocycles. The maximum Gasteiger partial charge on any atom is 0.243 e. The normalized spacial score (nSPS) is 24.4. The highest BCUT2D eigenvalue weighted by atomic mass is 16.2. The third-order valence-corrected chi connectivity index (χ3v) is 5.13. The summed E-state index contributed by atoms with van der Waals surface area (Å²) in [4.78, 5) is 42.0. The molecule has 0 radical (unpaired) electrons. The van der Waals surface area contributed by atoms with Crippen molar-refractivity contribution < 1.29 is 14.4 Å². The summed E-state index contributed by atoms with van der Waals surface area (Å²) in [5.74, 6) is -0.706. The summed E-state index contributed by atoms with van der Waals surface area (Å²) in [6.45, 7) is 4.77. The van der Waals surface area contributed by atoms with Crippen molar-refractivity contribution in [2.45, 2.75) is 26.3 Å². The average Bonchev–Trinajstić information content (AvgIpc) is 3.16. The molecule has 0 aliphatic carbocycles. The van der Waals surface area contributed by atoms with Crippen molar-refractivity contribution >= 4 is 17.7 Å². The monoisotopic (exact) mass is 333 g/mol. The van der Waals surface area contributed by atoms with Crippen LogP contribution in [0.5, 0.6) is 0 Å². The first-order valence-electron chi connectivity index (χ1n) is 8.15. The molecule has 2 fully saturated rings. The quantitative estimate of drug-likeness (QED) is 0.774. The van der Waals surface area contributed by atoms with Gasteiger partial charge in [-0.2, -0.15) is 5.10 Å². The number of hydrogen-bond acceptors (Lipinski definition) is 4. The van der Waals surface area contributed by atoms with E-state index < -0.39 is 5.92 Å². The molecule has 2 atom stereocenters. The van der Waals surface area contributed by atoms with Gasteiger partial charge in [-0.15, -0.1) is 0 Å². The van der Waals surface area contributed by atoms with Crippen LogP contribution in [0.25, 0.3) is 0 Å². The molecular weight excluding hydrogens is 310 g/mol. The minimum atomic E-state index is -0.473. The van der Waals surface area contributed by atoms with Crippen molar-refractivity contribution in [3.63, 3.8) is 0 Å². The van der Waals surface area contributed by atoms with Gasteiger partial charge in [0, 0.05) is 38.3 Å². The Morgan fingerprint density at radius 3 is 2.50 bits per heavy atom. The maximum atomic E-state index is 13.0. The Kier molecular flexibility index (Phi) is 4.06. The van der Waals surface area contributed by atoms with Gasteiger partial charge in [0.1, 0.15) is 6.54 Å². The van der Waals surface area contributed by atoms with Crippen LogP contribution in [0.4, 0.5) is 0 Å². The molecule has 0 spiro atoms. The Bertz CT molecular complexity index is 698. The van der Waals surface area contributed by atoms with Gasteiger partial charge in [0.15, 0.2) is 0 Å². The molecule has 3 rings (SSSR count). The average molecular weight is 333 g/mol. The lowest BCUT2D eigenvalue weighted by Gasteiger charge is -2.28. The summed E-state index contributed by atoms with van der Waals surface area (Å²) < 4.78 is 1.75. The molecular formula is C16H23N5O3. The van der Waals surface area contributed by atoms with Gasteiger partial charge >= 0.3 is 0 Å². The number of hydrogen-bond donors (Lipinski definition) is 0. The molecule has 130 valence electrons. The number of likely N-dealkylation sites (N-methyl/N-ethyl adjacent to an activating group) is 1. The van der Waals surface area contributed by atoms with Gasteiger partial charge in [0.25, 0.3) is 0 Å². The number of carbonyl (C=O) groups excluding carboxylic acids is 3. The molecule has 2 aliphatic rings. The van der Waals surface area contributed by atoms with E-state index in [1.807, 2.05) is 20.9 Å². The van der Waals surface area contributed by atoms with Gasteiger partial charge in [-0.1, -0.05) is 0 Å². The Balaban J connectivity index is 1.93. The van der Waals surface area contributed by atoms with Crippen molar-refractivity contribution in [2.24, 2.45) is 13.0 Å². The third-order valence-electron chi connectivity index (χ3n) is 5.13. The van der Waals surface area contributed by atoms with E-state index in [0.717, 1.165) is 11.3 Å². The first-order valence-corrected chi connectivity index (χ1v) is 8.15. The lowest BCUT2D eigenvalue weighted by atomic mass is 9.92. The summed E-state index contributed by atoms with van der Waals surface area (Å²) in [6.07, 6.45) is 1.92. The topological polar surface area (TPSA) is 78.8 Å². The molecule has 1 aromatic heterocycles. The van der Waals surface area contributed by atoms with Crippen molar-refractivity contribution in [1.29, 1.82) is 0 Å². The van der Waals surface area contributed by atoms with Crippen LogP contribution in [0.1, 0.15) is 30.6 Å². The molecule has 0 unspecified atom stereocenters. The fourth-order valence-corrected chi connectivity index (χ4v) is 3.63. The summed E-state index contributed by atoms with van der Waals surface area (Å²) in [5.41, 5.74) is 1.85. The predicted octanol–water partition coefficient (Wildman–Crippen LogP) is -0.104. The second kappa shape index (κ2) is 5.92. The second-order valence-corrected chi connectivity index (χ2v) is 6.51. The van der Waals surface area contributed by atoms with Crippen molar-refractivity contribution in [2.75, 3.05) is 26.8 Å². The number of aryl methyl sites for hydroxylation is 1. The van der Waals surface area contributed by atoms with Crippen LogP contribution in [-0.2, 0) is 21.4 Å². The third kappa shape index (κ3) is 2.46. The fourth-order valence-electron chi connectivity index (χ4n) is 3.63. The second-order valence-electron chi connectivity index (χ2n) is 6.51. The minimum absolute atomic E-state index is 0.0250. The van der Waals surface area contributed by atoms with E-state index in [-0.39, 0.29) is 43.4 Å². The van der Waals surface area contributed by atoms with E-state index in [0.29, 0.717) is 6.54 Å². The van der Waals surface area contributed by atoms with Gasteiger partial charge in [-0.05, 0) is 13.8 Å². The van der Waals surface area contributed by atoms with Crippen LogP contribution in [0, 0.1) is 12.8 Å². The van der Waals surface area contributed by atoms with Crippen LogP contribution in [0.15, 0.2) is 6.20 Å². The molecule has 0 aromatic carbocycles. The molecule has 8 nitrogen and oxygen atoms in total. The molecule has 1 aromatic rings. The zero-order valence-corrected chi connectivity index (χ0v) is 14.5. The SMILES string of the molecule is CCN1C(=O)C[C@H](C(=O)N2CC(=O)N(C)C2)[C@H]1c1cnn(C)c1C. The zero-order valence-electron chi connectivity index (χ0n) is 14.5. The fraction of sp³-hybridized carbons (Fsp3) is 0.625.